The molecule has 1 atom stereocenters. The van der Waals surface area contributed by atoms with Crippen LogP contribution in [-0.4, -0.2) is 38.4 Å². The minimum atomic E-state index is -0.550. The molecule has 8 nitrogen and oxygen atoms in total. The molecule has 28 heavy (non-hydrogen) atoms. The molecule has 0 spiro atoms. The van der Waals surface area contributed by atoms with Gasteiger partial charge < -0.3 is 14.7 Å². The average molecular weight is 399 g/mol. The van der Waals surface area contributed by atoms with Crippen molar-refractivity contribution in [3.63, 3.8) is 0 Å². The van der Waals surface area contributed by atoms with Crippen molar-refractivity contribution in [3.8, 4) is 11.5 Å². The number of rotatable bonds is 5. The van der Waals surface area contributed by atoms with Crippen molar-refractivity contribution in [3.05, 3.63) is 30.5 Å². The second-order valence-corrected chi connectivity index (χ2v) is 8.12. The number of carbonyl (C=O) groups excluding carboxylic acids is 2. The predicted molar refractivity (Wildman–Crippen MR) is 106 cm³/mol. The van der Waals surface area contributed by atoms with Gasteiger partial charge in [0.1, 0.15) is 0 Å². The number of hydrogen-bond donors (Lipinski definition) is 3. The number of nitrogens with zero attached hydrogens (tertiary/aromatic N) is 2. The van der Waals surface area contributed by atoms with E-state index in [1.807, 2.05) is 30.5 Å². The van der Waals surface area contributed by atoms with Crippen molar-refractivity contribution < 1.29 is 14.0 Å². The summed E-state index contributed by atoms with van der Waals surface area (Å²) in [5, 5.41) is 14.0. The molecule has 1 fully saturated rings. The first-order chi connectivity index (χ1) is 13.6. The Morgan fingerprint density at radius 3 is 2.86 bits per heavy atom. The third kappa shape index (κ3) is 4.04. The van der Waals surface area contributed by atoms with Gasteiger partial charge in [-0.2, -0.15) is 0 Å². The van der Waals surface area contributed by atoms with Crippen LogP contribution in [0.2, 0.25) is 0 Å². The van der Waals surface area contributed by atoms with Gasteiger partial charge in [0.15, 0.2) is 0 Å². The highest BCUT2D eigenvalue weighted by atomic mass is 32.2. The van der Waals surface area contributed by atoms with Gasteiger partial charge in [-0.3, -0.25) is 10.1 Å². The van der Waals surface area contributed by atoms with Crippen molar-refractivity contribution in [2.45, 2.75) is 49.1 Å². The lowest BCUT2D eigenvalue weighted by Gasteiger charge is -2.13. The first-order valence-corrected chi connectivity index (χ1v) is 10.2. The number of urea groups is 1. The minimum absolute atomic E-state index is 0.158. The van der Waals surface area contributed by atoms with E-state index in [0.717, 1.165) is 53.9 Å². The maximum Gasteiger partial charge on any atom is 0.321 e. The van der Waals surface area contributed by atoms with Gasteiger partial charge in [-0.05, 0) is 25.8 Å². The molecule has 3 N–H and O–H groups in total. The van der Waals surface area contributed by atoms with Crippen LogP contribution in [0.4, 0.5) is 4.79 Å². The topological polar surface area (TPSA) is 113 Å². The maximum atomic E-state index is 12.3. The molecule has 146 valence electrons. The Kier molecular flexibility index (Phi) is 5.34. The number of fused-ring (bicyclic) bond motifs is 1. The third-order valence-corrected chi connectivity index (χ3v) is 5.73. The summed E-state index contributed by atoms with van der Waals surface area (Å²) in [6.45, 7) is 1.69. The Labute approximate surface area is 165 Å². The highest BCUT2D eigenvalue weighted by Crippen LogP contribution is 2.30. The number of aromatic amines is 1. The van der Waals surface area contributed by atoms with Crippen LogP contribution in [0.3, 0.4) is 0 Å². The molecule has 4 rings (SSSR count). The monoisotopic (exact) mass is 399 g/mol. The highest BCUT2D eigenvalue weighted by molar-refractivity contribution is 8.00. The minimum Gasteiger partial charge on any atom is -0.411 e. The number of benzene rings is 1. The fraction of sp³-hybridized carbons (Fsp3) is 0.368. The number of imide groups is 1. The molecule has 1 aromatic carbocycles. The summed E-state index contributed by atoms with van der Waals surface area (Å²) in [5.74, 6) is -0.0149. The molecule has 0 bridgehead atoms. The zero-order chi connectivity index (χ0) is 19.5. The smallest absolute Gasteiger partial charge is 0.321 e. The van der Waals surface area contributed by atoms with Crippen molar-refractivity contribution >= 4 is 34.6 Å². The zero-order valence-corrected chi connectivity index (χ0v) is 16.2. The van der Waals surface area contributed by atoms with E-state index in [9.17, 15) is 9.59 Å². The summed E-state index contributed by atoms with van der Waals surface area (Å²) in [4.78, 5) is 27.4. The van der Waals surface area contributed by atoms with E-state index in [4.69, 9.17) is 4.42 Å². The van der Waals surface area contributed by atoms with Crippen molar-refractivity contribution in [2.24, 2.45) is 0 Å². The van der Waals surface area contributed by atoms with Gasteiger partial charge in [0.05, 0.1) is 10.8 Å². The van der Waals surface area contributed by atoms with Crippen molar-refractivity contribution in [1.82, 2.24) is 25.8 Å². The van der Waals surface area contributed by atoms with Gasteiger partial charge in [-0.15, -0.1) is 10.2 Å². The number of nitrogens with one attached hydrogen (secondary N) is 3. The molecule has 1 aliphatic carbocycles. The van der Waals surface area contributed by atoms with Gasteiger partial charge in [0.2, 0.25) is 5.91 Å². The first kappa shape index (κ1) is 18.5. The molecular weight excluding hydrogens is 378 g/mol. The van der Waals surface area contributed by atoms with Gasteiger partial charge in [0.25, 0.3) is 11.1 Å². The molecule has 0 unspecified atom stereocenters. The van der Waals surface area contributed by atoms with E-state index in [1.54, 1.807) is 6.92 Å². The third-order valence-electron chi connectivity index (χ3n) is 4.80. The predicted octanol–water partition coefficient (Wildman–Crippen LogP) is 3.47. The SMILES string of the molecule is C[C@@H](Sc1nnc(-c2c[nH]c3ccccc23)o1)C(=O)NC(=O)NC1CCCC1. The van der Waals surface area contributed by atoms with Gasteiger partial charge in [0, 0.05) is 23.1 Å². The van der Waals surface area contributed by atoms with E-state index in [2.05, 4.69) is 25.8 Å². The maximum absolute atomic E-state index is 12.3. The second-order valence-electron chi connectivity index (χ2n) is 6.83. The lowest BCUT2D eigenvalue weighted by atomic mass is 10.2. The lowest BCUT2D eigenvalue weighted by molar-refractivity contribution is -0.119. The van der Waals surface area contributed by atoms with Crippen LogP contribution >= 0.6 is 11.8 Å². The average Bonchev–Trinajstić information content (AvgIpc) is 3.41. The van der Waals surface area contributed by atoms with Crippen LogP contribution in [0.25, 0.3) is 22.4 Å². The number of carbonyl (C=O) groups is 2. The first-order valence-electron chi connectivity index (χ1n) is 9.28. The van der Waals surface area contributed by atoms with Crippen LogP contribution < -0.4 is 10.6 Å². The van der Waals surface area contributed by atoms with E-state index in [0.29, 0.717) is 5.89 Å². The Morgan fingerprint density at radius 1 is 1.25 bits per heavy atom. The van der Waals surface area contributed by atoms with Crippen LogP contribution in [0.5, 0.6) is 0 Å². The van der Waals surface area contributed by atoms with E-state index < -0.39 is 17.2 Å². The number of H-pyrrole nitrogens is 1. The van der Waals surface area contributed by atoms with Gasteiger partial charge in [-0.1, -0.05) is 42.8 Å². The number of thioether (sulfide) groups is 1. The quantitative estimate of drug-likeness (QED) is 0.566. The van der Waals surface area contributed by atoms with E-state index >= 15 is 0 Å². The zero-order valence-electron chi connectivity index (χ0n) is 15.4. The molecule has 2 heterocycles. The van der Waals surface area contributed by atoms with Gasteiger partial charge >= 0.3 is 6.03 Å². The summed E-state index contributed by atoms with van der Waals surface area (Å²) in [6.07, 6.45) is 5.97. The molecular formula is C19H21N5O3S. The standard InChI is InChI=1S/C19H21N5O3S/c1-11(16(25)22-18(26)21-12-6-2-3-7-12)28-19-24-23-17(27-19)14-10-20-15-9-5-4-8-13(14)15/h4-5,8-12,20H,2-3,6-7H2,1H3,(H2,21,22,25,26)/t11-/m1/s1. The van der Waals surface area contributed by atoms with Crippen LogP contribution in [0.1, 0.15) is 32.6 Å². The summed E-state index contributed by atoms with van der Waals surface area (Å²) in [6, 6.07) is 7.53. The second kappa shape index (κ2) is 8.05. The molecule has 9 heteroatoms. The van der Waals surface area contributed by atoms with Crippen molar-refractivity contribution in [1.29, 1.82) is 0 Å². The lowest BCUT2D eigenvalue weighted by Crippen LogP contribution is -2.45. The Morgan fingerprint density at radius 2 is 2.04 bits per heavy atom. The molecule has 1 saturated carbocycles. The summed E-state index contributed by atoms with van der Waals surface area (Å²) < 4.78 is 5.71. The fourth-order valence-corrected chi connectivity index (χ4v) is 4.01. The highest BCUT2D eigenvalue weighted by Gasteiger charge is 2.23. The van der Waals surface area contributed by atoms with Crippen molar-refractivity contribution in [2.75, 3.05) is 0 Å². The summed E-state index contributed by atoms with van der Waals surface area (Å²) >= 11 is 1.12. The van der Waals surface area contributed by atoms with Crippen LogP contribution in [0, 0.1) is 0 Å². The number of hydrogen-bond acceptors (Lipinski definition) is 6. The normalized spacial score (nSPS) is 15.6. The number of amides is 3. The molecule has 3 aromatic rings. The number of para-hydroxylation sites is 1. The molecule has 0 radical (unpaired) electrons. The van der Waals surface area contributed by atoms with Crippen LogP contribution in [-0.2, 0) is 4.79 Å². The largest absolute Gasteiger partial charge is 0.411 e. The van der Waals surface area contributed by atoms with Crippen LogP contribution in [0.15, 0.2) is 40.1 Å². The van der Waals surface area contributed by atoms with E-state index in [-0.39, 0.29) is 11.3 Å². The van der Waals surface area contributed by atoms with Gasteiger partial charge in [-0.25, -0.2) is 4.79 Å². The van der Waals surface area contributed by atoms with E-state index in [1.165, 1.54) is 0 Å². The fourth-order valence-electron chi connectivity index (χ4n) is 3.32. The molecule has 3 amide bonds. The molecule has 1 aliphatic rings. The summed E-state index contributed by atoms with van der Waals surface area (Å²) in [5.41, 5.74) is 1.79. The number of aromatic nitrogens is 3. The molecule has 0 aliphatic heterocycles. The molecule has 0 saturated heterocycles. The summed E-state index contributed by atoms with van der Waals surface area (Å²) in [7, 11) is 0. The molecule has 2 aromatic heterocycles. The Hall–Kier alpha value is -2.81. The Balaban J connectivity index is 1.36. The Bertz CT molecular complexity index is 992.